The standard InChI is InChI=1S/C17H20N2S/c1-13-9-11-19(12-10-13)17(20)18-16-8-4-6-14-5-2-3-7-15(14)16/h2-8,13H,9-12H2,1H3,(H,18,20). The number of piperidine rings is 1. The Balaban J connectivity index is 1.77. The average Bonchev–Trinajstić information content (AvgIpc) is 2.48. The van der Waals surface area contributed by atoms with Crippen LogP contribution in [0.3, 0.4) is 0 Å². The second-order valence-electron chi connectivity index (χ2n) is 5.63. The summed E-state index contributed by atoms with van der Waals surface area (Å²) >= 11 is 5.57. The van der Waals surface area contributed by atoms with Crippen molar-refractivity contribution < 1.29 is 0 Å². The van der Waals surface area contributed by atoms with Crippen LogP contribution >= 0.6 is 12.2 Å². The Bertz CT molecular complexity index is 610. The first-order valence-electron chi connectivity index (χ1n) is 7.28. The first-order chi connectivity index (χ1) is 9.74. The lowest BCUT2D eigenvalue weighted by molar-refractivity contribution is 0.283. The summed E-state index contributed by atoms with van der Waals surface area (Å²) < 4.78 is 0. The molecule has 0 atom stereocenters. The molecule has 0 spiro atoms. The highest BCUT2D eigenvalue weighted by Gasteiger charge is 2.18. The first-order valence-corrected chi connectivity index (χ1v) is 7.68. The molecule has 1 saturated heterocycles. The molecular formula is C17H20N2S. The summed E-state index contributed by atoms with van der Waals surface area (Å²) in [6, 6.07) is 14.7. The molecular weight excluding hydrogens is 264 g/mol. The Morgan fingerprint density at radius 3 is 2.60 bits per heavy atom. The zero-order chi connectivity index (χ0) is 13.9. The van der Waals surface area contributed by atoms with Gasteiger partial charge in [-0.1, -0.05) is 43.3 Å². The molecule has 0 aromatic heterocycles. The second-order valence-corrected chi connectivity index (χ2v) is 6.01. The number of hydrogen-bond donors (Lipinski definition) is 1. The average molecular weight is 284 g/mol. The lowest BCUT2D eigenvalue weighted by Gasteiger charge is -2.32. The van der Waals surface area contributed by atoms with Crippen molar-refractivity contribution in [3.8, 4) is 0 Å². The highest BCUT2D eigenvalue weighted by Crippen LogP contribution is 2.24. The van der Waals surface area contributed by atoms with Crippen molar-refractivity contribution in [2.45, 2.75) is 19.8 Å². The lowest BCUT2D eigenvalue weighted by Crippen LogP contribution is -2.40. The summed E-state index contributed by atoms with van der Waals surface area (Å²) in [5, 5.41) is 6.75. The van der Waals surface area contributed by atoms with Crippen LogP contribution in [0.15, 0.2) is 42.5 Å². The van der Waals surface area contributed by atoms with Gasteiger partial charge in [-0.15, -0.1) is 0 Å². The van der Waals surface area contributed by atoms with Gasteiger partial charge in [-0.2, -0.15) is 0 Å². The Kier molecular flexibility index (Phi) is 3.88. The fourth-order valence-corrected chi connectivity index (χ4v) is 3.03. The van der Waals surface area contributed by atoms with Crippen molar-refractivity contribution in [2.75, 3.05) is 18.4 Å². The Labute approximate surface area is 125 Å². The van der Waals surface area contributed by atoms with Gasteiger partial charge in [0.2, 0.25) is 0 Å². The largest absolute Gasteiger partial charge is 0.349 e. The van der Waals surface area contributed by atoms with Crippen LogP contribution in [0, 0.1) is 5.92 Å². The predicted molar refractivity (Wildman–Crippen MR) is 90.1 cm³/mol. The third kappa shape index (κ3) is 2.78. The smallest absolute Gasteiger partial charge is 0.173 e. The molecule has 2 aromatic rings. The van der Waals surface area contributed by atoms with Gasteiger partial charge in [0.25, 0.3) is 0 Å². The molecule has 1 heterocycles. The van der Waals surface area contributed by atoms with E-state index in [1.54, 1.807) is 0 Å². The number of benzene rings is 2. The Morgan fingerprint density at radius 2 is 1.80 bits per heavy atom. The highest BCUT2D eigenvalue weighted by atomic mass is 32.1. The molecule has 0 aliphatic carbocycles. The van der Waals surface area contributed by atoms with Gasteiger partial charge < -0.3 is 10.2 Å². The summed E-state index contributed by atoms with van der Waals surface area (Å²) in [5.41, 5.74) is 1.10. The molecule has 3 rings (SSSR count). The minimum Gasteiger partial charge on any atom is -0.349 e. The van der Waals surface area contributed by atoms with Crippen LogP contribution in [0.2, 0.25) is 0 Å². The van der Waals surface area contributed by atoms with Crippen LogP contribution in [0.4, 0.5) is 5.69 Å². The van der Waals surface area contributed by atoms with E-state index in [1.165, 1.54) is 23.6 Å². The van der Waals surface area contributed by atoms with Gasteiger partial charge in [-0.05, 0) is 42.4 Å². The Hall–Kier alpha value is -1.61. The molecule has 1 aliphatic rings. The fourth-order valence-electron chi connectivity index (χ4n) is 2.74. The van der Waals surface area contributed by atoms with E-state index in [2.05, 4.69) is 59.6 Å². The van der Waals surface area contributed by atoms with Crippen molar-refractivity contribution in [2.24, 2.45) is 5.92 Å². The van der Waals surface area contributed by atoms with Crippen molar-refractivity contribution in [3.05, 3.63) is 42.5 Å². The van der Waals surface area contributed by atoms with Gasteiger partial charge >= 0.3 is 0 Å². The topological polar surface area (TPSA) is 15.3 Å². The number of fused-ring (bicyclic) bond motifs is 1. The van der Waals surface area contributed by atoms with Gasteiger partial charge in [0.1, 0.15) is 0 Å². The van der Waals surface area contributed by atoms with Crippen LogP contribution in [0.1, 0.15) is 19.8 Å². The summed E-state index contributed by atoms with van der Waals surface area (Å²) in [4.78, 5) is 2.29. The van der Waals surface area contributed by atoms with Crippen LogP contribution in [-0.2, 0) is 0 Å². The highest BCUT2D eigenvalue weighted by molar-refractivity contribution is 7.80. The summed E-state index contributed by atoms with van der Waals surface area (Å²) in [6.07, 6.45) is 2.47. The zero-order valence-corrected chi connectivity index (χ0v) is 12.6. The summed E-state index contributed by atoms with van der Waals surface area (Å²) in [6.45, 7) is 4.45. The Morgan fingerprint density at radius 1 is 1.10 bits per heavy atom. The number of anilines is 1. The van der Waals surface area contributed by atoms with Gasteiger partial charge in [-0.25, -0.2) is 0 Å². The molecule has 2 aromatic carbocycles. The third-order valence-corrected chi connectivity index (χ3v) is 4.46. The van der Waals surface area contributed by atoms with Crippen molar-refractivity contribution in [1.82, 2.24) is 4.90 Å². The molecule has 1 N–H and O–H groups in total. The summed E-state index contributed by atoms with van der Waals surface area (Å²) in [5.74, 6) is 0.826. The molecule has 0 saturated carbocycles. The second kappa shape index (κ2) is 5.80. The van der Waals surface area contributed by atoms with Crippen LogP contribution in [0.25, 0.3) is 10.8 Å². The van der Waals surface area contributed by atoms with E-state index in [1.807, 2.05) is 0 Å². The van der Waals surface area contributed by atoms with Gasteiger partial charge in [0.15, 0.2) is 5.11 Å². The van der Waals surface area contributed by atoms with Gasteiger partial charge in [0.05, 0.1) is 0 Å². The normalized spacial score (nSPS) is 16.4. The van der Waals surface area contributed by atoms with E-state index in [9.17, 15) is 0 Å². The zero-order valence-electron chi connectivity index (χ0n) is 11.8. The van der Waals surface area contributed by atoms with E-state index in [4.69, 9.17) is 12.2 Å². The molecule has 0 radical (unpaired) electrons. The summed E-state index contributed by atoms with van der Waals surface area (Å²) in [7, 11) is 0. The van der Waals surface area contributed by atoms with E-state index < -0.39 is 0 Å². The van der Waals surface area contributed by atoms with Crippen LogP contribution in [0.5, 0.6) is 0 Å². The van der Waals surface area contributed by atoms with E-state index >= 15 is 0 Å². The number of rotatable bonds is 1. The minimum atomic E-state index is 0.826. The maximum atomic E-state index is 5.57. The molecule has 0 bridgehead atoms. The maximum absolute atomic E-state index is 5.57. The minimum absolute atomic E-state index is 0.826. The number of hydrogen-bond acceptors (Lipinski definition) is 1. The van der Waals surface area contributed by atoms with Crippen molar-refractivity contribution in [3.63, 3.8) is 0 Å². The van der Waals surface area contributed by atoms with E-state index in [-0.39, 0.29) is 0 Å². The molecule has 1 fully saturated rings. The monoisotopic (exact) mass is 284 g/mol. The molecule has 1 aliphatic heterocycles. The number of nitrogens with one attached hydrogen (secondary N) is 1. The van der Waals surface area contributed by atoms with Gasteiger partial charge in [-0.3, -0.25) is 0 Å². The van der Waals surface area contributed by atoms with Crippen molar-refractivity contribution >= 4 is 33.8 Å². The molecule has 2 nitrogen and oxygen atoms in total. The molecule has 20 heavy (non-hydrogen) atoms. The predicted octanol–water partition coefficient (Wildman–Crippen LogP) is 4.27. The number of likely N-dealkylation sites (tertiary alicyclic amines) is 1. The SMILES string of the molecule is CC1CCN(C(=S)Nc2cccc3ccccc23)CC1. The van der Waals surface area contributed by atoms with E-state index in [0.717, 1.165) is 29.8 Å². The van der Waals surface area contributed by atoms with Crippen LogP contribution < -0.4 is 5.32 Å². The van der Waals surface area contributed by atoms with E-state index in [0.29, 0.717) is 0 Å². The van der Waals surface area contributed by atoms with Crippen molar-refractivity contribution in [1.29, 1.82) is 0 Å². The number of nitrogens with zero attached hydrogens (tertiary/aromatic N) is 1. The fraction of sp³-hybridized carbons (Fsp3) is 0.353. The maximum Gasteiger partial charge on any atom is 0.173 e. The first kappa shape index (κ1) is 13.4. The third-order valence-electron chi connectivity index (χ3n) is 4.10. The molecule has 3 heteroatoms. The van der Waals surface area contributed by atoms with Gasteiger partial charge in [0, 0.05) is 24.2 Å². The molecule has 0 unspecified atom stereocenters. The molecule has 0 amide bonds. The molecule has 104 valence electrons. The lowest BCUT2D eigenvalue weighted by atomic mass is 10.00. The number of thiocarbonyl (C=S) groups is 1. The van der Waals surface area contributed by atoms with Crippen LogP contribution in [-0.4, -0.2) is 23.1 Å². The quantitative estimate of drug-likeness (QED) is 0.787.